The van der Waals surface area contributed by atoms with E-state index in [1.165, 1.54) is 13.2 Å². The highest BCUT2D eigenvalue weighted by molar-refractivity contribution is 5.86. The van der Waals surface area contributed by atoms with Crippen molar-refractivity contribution in [2.24, 2.45) is 5.41 Å². The Morgan fingerprint density at radius 1 is 1.50 bits per heavy atom. The van der Waals surface area contributed by atoms with Crippen LogP contribution in [0.4, 0.5) is 0 Å². The SMILES string of the molecule is COC(=O)/C=C/c1ncn(CCC(C)(C)C)c1C. The molecule has 1 aromatic rings. The highest BCUT2D eigenvalue weighted by Gasteiger charge is 2.11. The molecular formula is C14H22N2O2. The summed E-state index contributed by atoms with van der Waals surface area (Å²) in [6.07, 6.45) is 5.99. The van der Waals surface area contributed by atoms with Gasteiger partial charge >= 0.3 is 5.97 Å². The Morgan fingerprint density at radius 3 is 2.72 bits per heavy atom. The molecule has 1 aromatic heterocycles. The summed E-state index contributed by atoms with van der Waals surface area (Å²) in [7, 11) is 1.36. The average Bonchev–Trinajstić information content (AvgIpc) is 2.63. The van der Waals surface area contributed by atoms with E-state index >= 15 is 0 Å². The van der Waals surface area contributed by atoms with Gasteiger partial charge in [-0.1, -0.05) is 20.8 Å². The number of methoxy groups -OCH3 is 1. The molecule has 1 rings (SSSR count). The van der Waals surface area contributed by atoms with Crippen LogP contribution >= 0.6 is 0 Å². The predicted molar refractivity (Wildman–Crippen MR) is 72.1 cm³/mol. The number of hydrogen-bond acceptors (Lipinski definition) is 3. The molecule has 0 aromatic carbocycles. The Morgan fingerprint density at radius 2 is 2.17 bits per heavy atom. The Labute approximate surface area is 109 Å². The van der Waals surface area contributed by atoms with Gasteiger partial charge in [-0.05, 0) is 24.8 Å². The topological polar surface area (TPSA) is 44.1 Å². The lowest BCUT2D eigenvalue weighted by Gasteiger charge is -2.18. The van der Waals surface area contributed by atoms with Crippen LogP contribution in [-0.4, -0.2) is 22.6 Å². The fourth-order valence-corrected chi connectivity index (χ4v) is 1.52. The Bertz CT molecular complexity index is 439. The van der Waals surface area contributed by atoms with Gasteiger partial charge < -0.3 is 9.30 Å². The third kappa shape index (κ3) is 4.35. The van der Waals surface area contributed by atoms with Crippen LogP contribution in [0.2, 0.25) is 0 Å². The third-order valence-corrected chi connectivity index (χ3v) is 2.82. The number of carbonyl (C=O) groups excluding carboxylic acids is 1. The van der Waals surface area contributed by atoms with E-state index in [4.69, 9.17) is 0 Å². The minimum Gasteiger partial charge on any atom is -0.466 e. The maximum absolute atomic E-state index is 11.0. The summed E-state index contributed by atoms with van der Waals surface area (Å²) < 4.78 is 6.66. The van der Waals surface area contributed by atoms with E-state index in [9.17, 15) is 4.79 Å². The van der Waals surface area contributed by atoms with Crippen LogP contribution in [0.25, 0.3) is 6.08 Å². The van der Waals surface area contributed by atoms with E-state index in [1.807, 2.05) is 13.3 Å². The molecule has 4 heteroatoms. The first-order chi connectivity index (χ1) is 8.33. The summed E-state index contributed by atoms with van der Waals surface area (Å²) in [5, 5.41) is 0. The Balaban J connectivity index is 2.72. The fourth-order valence-electron chi connectivity index (χ4n) is 1.52. The molecule has 100 valence electrons. The molecule has 0 atom stereocenters. The van der Waals surface area contributed by atoms with E-state index in [0.29, 0.717) is 5.41 Å². The summed E-state index contributed by atoms with van der Waals surface area (Å²) >= 11 is 0. The zero-order chi connectivity index (χ0) is 13.8. The molecule has 1 heterocycles. The van der Waals surface area contributed by atoms with E-state index < -0.39 is 0 Å². The summed E-state index contributed by atoms with van der Waals surface area (Å²) in [6, 6.07) is 0. The number of imidazole rings is 1. The van der Waals surface area contributed by atoms with Gasteiger partial charge in [-0.3, -0.25) is 0 Å². The molecule has 0 bridgehead atoms. The van der Waals surface area contributed by atoms with Gasteiger partial charge in [0.25, 0.3) is 0 Å². The molecule has 0 fully saturated rings. The highest BCUT2D eigenvalue weighted by atomic mass is 16.5. The molecule has 0 spiro atoms. The van der Waals surface area contributed by atoms with Crippen molar-refractivity contribution in [3.05, 3.63) is 23.8 Å². The van der Waals surface area contributed by atoms with Crippen molar-refractivity contribution >= 4 is 12.0 Å². The van der Waals surface area contributed by atoms with Gasteiger partial charge in [0.2, 0.25) is 0 Å². The van der Waals surface area contributed by atoms with Crippen LogP contribution in [0.15, 0.2) is 12.4 Å². The predicted octanol–water partition coefficient (Wildman–Crippen LogP) is 2.81. The molecule has 0 N–H and O–H groups in total. The second-order valence-corrected chi connectivity index (χ2v) is 5.58. The molecule has 4 nitrogen and oxygen atoms in total. The largest absolute Gasteiger partial charge is 0.466 e. The van der Waals surface area contributed by atoms with Gasteiger partial charge in [-0.2, -0.15) is 0 Å². The average molecular weight is 250 g/mol. The van der Waals surface area contributed by atoms with E-state index in [1.54, 1.807) is 6.08 Å². The minimum absolute atomic E-state index is 0.304. The quantitative estimate of drug-likeness (QED) is 0.609. The van der Waals surface area contributed by atoms with Gasteiger partial charge in [0.05, 0.1) is 19.1 Å². The number of hydrogen-bond donors (Lipinski definition) is 0. The first-order valence-corrected chi connectivity index (χ1v) is 6.11. The maximum atomic E-state index is 11.0. The van der Waals surface area contributed by atoms with E-state index in [0.717, 1.165) is 24.4 Å². The Kier molecular flexibility index (Phi) is 4.70. The maximum Gasteiger partial charge on any atom is 0.330 e. The smallest absolute Gasteiger partial charge is 0.330 e. The third-order valence-electron chi connectivity index (χ3n) is 2.82. The molecular weight excluding hydrogens is 228 g/mol. The second-order valence-electron chi connectivity index (χ2n) is 5.58. The molecule has 0 saturated heterocycles. The first-order valence-electron chi connectivity index (χ1n) is 6.11. The molecule has 0 aliphatic heterocycles. The fraction of sp³-hybridized carbons (Fsp3) is 0.571. The van der Waals surface area contributed by atoms with Crippen LogP contribution in [0, 0.1) is 12.3 Å². The van der Waals surface area contributed by atoms with Gasteiger partial charge in [-0.15, -0.1) is 0 Å². The van der Waals surface area contributed by atoms with Crippen LogP contribution in [0.3, 0.4) is 0 Å². The normalized spacial score (nSPS) is 12.1. The lowest BCUT2D eigenvalue weighted by atomic mass is 9.92. The van der Waals surface area contributed by atoms with Crippen molar-refractivity contribution in [1.29, 1.82) is 0 Å². The lowest BCUT2D eigenvalue weighted by molar-refractivity contribution is -0.134. The van der Waals surface area contributed by atoms with Crippen molar-refractivity contribution in [2.75, 3.05) is 7.11 Å². The van der Waals surface area contributed by atoms with Gasteiger partial charge in [-0.25, -0.2) is 9.78 Å². The second kappa shape index (κ2) is 5.85. The van der Waals surface area contributed by atoms with Crippen molar-refractivity contribution in [3.8, 4) is 0 Å². The molecule has 0 saturated carbocycles. The Hall–Kier alpha value is -1.58. The van der Waals surface area contributed by atoms with Crippen molar-refractivity contribution in [2.45, 2.75) is 40.7 Å². The molecule has 0 unspecified atom stereocenters. The number of esters is 1. The van der Waals surface area contributed by atoms with Gasteiger partial charge in [0.1, 0.15) is 0 Å². The number of carbonyl (C=O) groups is 1. The molecule has 0 aliphatic rings. The van der Waals surface area contributed by atoms with Crippen LogP contribution in [0.5, 0.6) is 0 Å². The standard InChI is InChI=1S/C14H22N2O2/c1-11-12(6-7-13(17)18-5)15-10-16(11)9-8-14(2,3)4/h6-7,10H,8-9H2,1-5H3/b7-6+. The van der Waals surface area contributed by atoms with Crippen LogP contribution in [-0.2, 0) is 16.1 Å². The number of ether oxygens (including phenoxy) is 1. The lowest BCUT2D eigenvalue weighted by Crippen LogP contribution is -2.10. The number of rotatable bonds is 4. The number of nitrogens with zero attached hydrogens (tertiary/aromatic N) is 2. The minimum atomic E-state index is -0.362. The van der Waals surface area contributed by atoms with Crippen molar-refractivity contribution in [1.82, 2.24) is 9.55 Å². The van der Waals surface area contributed by atoms with Crippen LogP contribution in [0.1, 0.15) is 38.6 Å². The van der Waals surface area contributed by atoms with Gasteiger partial charge in [0.15, 0.2) is 0 Å². The molecule has 18 heavy (non-hydrogen) atoms. The van der Waals surface area contributed by atoms with Crippen molar-refractivity contribution < 1.29 is 9.53 Å². The highest BCUT2D eigenvalue weighted by Crippen LogP contribution is 2.20. The summed E-state index contributed by atoms with van der Waals surface area (Å²) in [5.41, 5.74) is 2.19. The molecule has 0 aliphatic carbocycles. The molecule has 0 amide bonds. The monoisotopic (exact) mass is 250 g/mol. The first kappa shape index (κ1) is 14.5. The zero-order valence-electron chi connectivity index (χ0n) is 11.9. The summed E-state index contributed by atoms with van der Waals surface area (Å²) in [5.74, 6) is -0.362. The van der Waals surface area contributed by atoms with Gasteiger partial charge in [0, 0.05) is 18.3 Å². The number of aromatic nitrogens is 2. The number of aryl methyl sites for hydroxylation is 1. The van der Waals surface area contributed by atoms with Crippen LogP contribution < -0.4 is 0 Å². The summed E-state index contributed by atoms with van der Waals surface area (Å²) in [4.78, 5) is 15.3. The van der Waals surface area contributed by atoms with E-state index in [2.05, 4.69) is 35.1 Å². The van der Waals surface area contributed by atoms with E-state index in [-0.39, 0.29) is 5.97 Å². The zero-order valence-corrected chi connectivity index (χ0v) is 11.9. The summed E-state index contributed by atoms with van der Waals surface area (Å²) in [6.45, 7) is 9.60. The van der Waals surface area contributed by atoms with Crippen molar-refractivity contribution in [3.63, 3.8) is 0 Å². The molecule has 0 radical (unpaired) electrons.